The highest BCUT2D eigenvalue weighted by atomic mass is 15.3. The molecule has 0 unspecified atom stereocenters. The Balaban J connectivity index is 2.16. The number of hydrogen-bond acceptors (Lipinski definition) is 6. The first kappa shape index (κ1) is 16.2. The van der Waals surface area contributed by atoms with Gasteiger partial charge in [0.2, 0.25) is 11.9 Å². The second kappa shape index (κ2) is 6.70. The Morgan fingerprint density at radius 1 is 1.05 bits per heavy atom. The number of nitrogens with zero attached hydrogens (tertiary/aromatic N) is 5. The maximum atomic E-state index is 5.80. The standard InChI is InChI=1S/C16H24N6/c1-11-6-8-13(9-7-11)10-22(5)12(2)14-18-15(17)20-16(19-14)21(3)4/h6-9,12H,10H2,1-5H3,(H2,17,18,19,20)/t12-/m1/s1. The lowest BCUT2D eigenvalue weighted by Gasteiger charge is -2.24. The van der Waals surface area contributed by atoms with Gasteiger partial charge in [-0.3, -0.25) is 4.90 Å². The highest BCUT2D eigenvalue weighted by Crippen LogP contribution is 2.19. The number of nitrogens with two attached hydrogens (primary N) is 1. The fraction of sp³-hybridized carbons (Fsp3) is 0.438. The van der Waals surface area contributed by atoms with Gasteiger partial charge in [-0.15, -0.1) is 0 Å². The Labute approximate surface area is 132 Å². The predicted molar refractivity (Wildman–Crippen MR) is 89.6 cm³/mol. The van der Waals surface area contributed by atoms with Crippen molar-refractivity contribution < 1.29 is 0 Å². The average molecular weight is 300 g/mol. The number of aromatic nitrogens is 3. The van der Waals surface area contributed by atoms with E-state index in [0.717, 1.165) is 6.54 Å². The van der Waals surface area contributed by atoms with Gasteiger partial charge in [-0.25, -0.2) is 0 Å². The van der Waals surface area contributed by atoms with Crippen molar-refractivity contribution in [1.82, 2.24) is 19.9 Å². The van der Waals surface area contributed by atoms with E-state index in [1.807, 2.05) is 19.0 Å². The Bertz CT molecular complexity index is 623. The molecule has 1 heterocycles. The van der Waals surface area contributed by atoms with Gasteiger partial charge >= 0.3 is 0 Å². The van der Waals surface area contributed by atoms with Crippen molar-refractivity contribution >= 4 is 11.9 Å². The summed E-state index contributed by atoms with van der Waals surface area (Å²) in [5.74, 6) is 1.52. The number of benzene rings is 1. The topological polar surface area (TPSA) is 71.2 Å². The summed E-state index contributed by atoms with van der Waals surface area (Å²) in [5.41, 5.74) is 8.32. The second-order valence-corrected chi connectivity index (χ2v) is 5.82. The molecule has 22 heavy (non-hydrogen) atoms. The van der Waals surface area contributed by atoms with E-state index < -0.39 is 0 Å². The molecule has 0 saturated carbocycles. The first-order chi connectivity index (χ1) is 10.4. The second-order valence-electron chi connectivity index (χ2n) is 5.82. The highest BCUT2D eigenvalue weighted by Gasteiger charge is 2.17. The Morgan fingerprint density at radius 2 is 1.68 bits per heavy atom. The van der Waals surface area contributed by atoms with E-state index in [1.165, 1.54) is 11.1 Å². The monoisotopic (exact) mass is 300 g/mol. The molecular weight excluding hydrogens is 276 g/mol. The third kappa shape index (κ3) is 3.92. The van der Waals surface area contributed by atoms with Crippen LogP contribution in [0.2, 0.25) is 0 Å². The lowest BCUT2D eigenvalue weighted by molar-refractivity contribution is 0.243. The lowest BCUT2D eigenvalue weighted by Crippen LogP contribution is -2.25. The van der Waals surface area contributed by atoms with E-state index in [1.54, 1.807) is 0 Å². The minimum absolute atomic E-state index is 0.0466. The quantitative estimate of drug-likeness (QED) is 0.911. The first-order valence-electron chi connectivity index (χ1n) is 7.31. The molecule has 0 aliphatic carbocycles. The largest absolute Gasteiger partial charge is 0.368 e. The van der Waals surface area contributed by atoms with Crippen LogP contribution >= 0.6 is 0 Å². The van der Waals surface area contributed by atoms with Crippen LogP contribution in [0.1, 0.15) is 29.9 Å². The van der Waals surface area contributed by atoms with E-state index in [9.17, 15) is 0 Å². The minimum atomic E-state index is 0.0466. The number of nitrogen functional groups attached to an aromatic ring is 1. The molecule has 0 bridgehead atoms. The number of aryl methyl sites for hydroxylation is 1. The van der Waals surface area contributed by atoms with E-state index in [4.69, 9.17) is 5.73 Å². The minimum Gasteiger partial charge on any atom is -0.368 e. The van der Waals surface area contributed by atoms with Crippen molar-refractivity contribution in [3.05, 3.63) is 41.2 Å². The Hall–Kier alpha value is -2.21. The third-order valence-electron chi connectivity index (χ3n) is 3.65. The summed E-state index contributed by atoms with van der Waals surface area (Å²) in [7, 11) is 5.83. The van der Waals surface area contributed by atoms with Gasteiger partial charge < -0.3 is 10.6 Å². The van der Waals surface area contributed by atoms with Crippen LogP contribution in [0.3, 0.4) is 0 Å². The van der Waals surface area contributed by atoms with Gasteiger partial charge in [0.25, 0.3) is 0 Å². The van der Waals surface area contributed by atoms with Crippen LogP contribution in [0, 0.1) is 6.92 Å². The van der Waals surface area contributed by atoms with Crippen molar-refractivity contribution in [2.75, 3.05) is 31.8 Å². The molecule has 6 nitrogen and oxygen atoms in total. The van der Waals surface area contributed by atoms with Crippen molar-refractivity contribution in [2.45, 2.75) is 26.4 Å². The van der Waals surface area contributed by atoms with Gasteiger partial charge in [0.05, 0.1) is 6.04 Å². The Kier molecular flexibility index (Phi) is 4.92. The lowest BCUT2D eigenvalue weighted by atomic mass is 10.1. The van der Waals surface area contributed by atoms with Gasteiger partial charge in [0.1, 0.15) is 0 Å². The van der Waals surface area contributed by atoms with E-state index >= 15 is 0 Å². The molecule has 0 spiro atoms. The molecule has 1 aromatic carbocycles. The number of hydrogen-bond donors (Lipinski definition) is 1. The van der Waals surface area contributed by atoms with Crippen LogP contribution < -0.4 is 10.6 Å². The molecular formula is C16H24N6. The highest BCUT2D eigenvalue weighted by molar-refractivity contribution is 5.33. The molecule has 1 aromatic heterocycles. The van der Waals surface area contributed by atoms with Crippen LogP contribution in [0.5, 0.6) is 0 Å². The first-order valence-corrected chi connectivity index (χ1v) is 7.31. The smallest absolute Gasteiger partial charge is 0.229 e. The van der Waals surface area contributed by atoms with Crippen molar-refractivity contribution in [3.63, 3.8) is 0 Å². The van der Waals surface area contributed by atoms with Crippen LogP contribution in [0.25, 0.3) is 0 Å². The van der Waals surface area contributed by atoms with E-state index in [-0.39, 0.29) is 12.0 Å². The molecule has 118 valence electrons. The number of anilines is 2. The molecule has 6 heteroatoms. The summed E-state index contributed by atoms with van der Waals surface area (Å²) in [6.45, 7) is 4.99. The molecule has 0 amide bonds. The van der Waals surface area contributed by atoms with Crippen LogP contribution in [0.4, 0.5) is 11.9 Å². The fourth-order valence-corrected chi connectivity index (χ4v) is 2.10. The van der Waals surface area contributed by atoms with Crippen molar-refractivity contribution in [2.24, 2.45) is 0 Å². The molecule has 0 saturated heterocycles. The average Bonchev–Trinajstić information content (AvgIpc) is 2.48. The summed E-state index contributed by atoms with van der Waals surface area (Å²) < 4.78 is 0. The van der Waals surface area contributed by atoms with Gasteiger partial charge in [-0.05, 0) is 26.5 Å². The van der Waals surface area contributed by atoms with Gasteiger partial charge in [0, 0.05) is 20.6 Å². The summed E-state index contributed by atoms with van der Waals surface area (Å²) in [6.07, 6.45) is 0. The molecule has 2 rings (SSSR count). The zero-order valence-corrected chi connectivity index (χ0v) is 13.9. The summed E-state index contributed by atoms with van der Waals surface area (Å²) >= 11 is 0. The third-order valence-corrected chi connectivity index (χ3v) is 3.65. The van der Waals surface area contributed by atoms with Crippen LogP contribution in [0.15, 0.2) is 24.3 Å². The van der Waals surface area contributed by atoms with E-state index in [2.05, 4.69) is 65.0 Å². The van der Waals surface area contributed by atoms with Gasteiger partial charge in [-0.1, -0.05) is 29.8 Å². The number of rotatable bonds is 5. The summed E-state index contributed by atoms with van der Waals surface area (Å²) in [4.78, 5) is 16.9. The van der Waals surface area contributed by atoms with Crippen molar-refractivity contribution in [3.8, 4) is 0 Å². The maximum Gasteiger partial charge on any atom is 0.229 e. The SMILES string of the molecule is Cc1ccc(CN(C)[C@H](C)c2nc(N)nc(N(C)C)n2)cc1. The summed E-state index contributed by atoms with van der Waals surface area (Å²) in [6, 6.07) is 8.58. The predicted octanol–water partition coefficient (Wildman–Crippen LogP) is 2.02. The molecule has 0 aliphatic rings. The molecule has 2 N–H and O–H groups in total. The normalized spacial score (nSPS) is 12.5. The van der Waals surface area contributed by atoms with Crippen LogP contribution in [-0.2, 0) is 6.54 Å². The van der Waals surface area contributed by atoms with Gasteiger partial charge in [0.15, 0.2) is 5.82 Å². The molecule has 1 atom stereocenters. The van der Waals surface area contributed by atoms with Crippen molar-refractivity contribution in [1.29, 1.82) is 0 Å². The van der Waals surface area contributed by atoms with Crippen LogP contribution in [-0.4, -0.2) is 41.0 Å². The van der Waals surface area contributed by atoms with E-state index in [0.29, 0.717) is 11.8 Å². The van der Waals surface area contributed by atoms with Gasteiger partial charge in [-0.2, -0.15) is 15.0 Å². The molecule has 2 aromatic rings. The summed E-state index contributed by atoms with van der Waals surface area (Å²) in [5, 5.41) is 0. The molecule has 0 aliphatic heterocycles. The Morgan fingerprint density at radius 3 is 2.27 bits per heavy atom. The maximum absolute atomic E-state index is 5.80. The molecule has 0 radical (unpaired) electrons. The fourth-order valence-electron chi connectivity index (χ4n) is 2.10. The molecule has 0 fully saturated rings. The zero-order valence-electron chi connectivity index (χ0n) is 13.9. The zero-order chi connectivity index (χ0) is 16.3.